The van der Waals surface area contributed by atoms with Crippen LogP contribution in [0.15, 0.2) is 237 Å². The van der Waals surface area contributed by atoms with Crippen molar-refractivity contribution in [3.05, 3.63) is 248 Å². The van der Waals surface area contributed by atoms with Gasteiger partial charge in [-0.15, -0.1) is 0 Å². The third-order valence-electron chi connectivity index (χ3n) is 16.9. The Hall–Kier alpha value is -8.14. The summed E-state index contributed by atoms with van der Waals surface area (Å²) in [5, 5.41) is 0. The van der Waals surface area contributed by atoms with Gasteiger partial charge in [-0.05, 0) is 218 Å². The summed E-state index contributed by atoms with van der Waals surface area (Å²) in [7, 11) is 0. The number of hydrogen-bond acceptors (Lipinski definition) is 3. The van der Waals surface area contributed by atoms with Crippen LogP contribution in [0.1, 0.15) is 43.2 Å². The Balaban J connectivity index is 0.847. The predicted molar refractivity (Wildman–Crippen MR) is 293 cm³/mol. The molecule has 4 saturated carbocycles. The Kier molecular flexibility index (Phi) is 10.0. The number of hydrogen-bond donors (Lipinski definition) is 0. The van der Waals surface area contributed by atoms with Gasteiger partial charge in [-0.1, -0.05) is 140 Å². The van der Waals surface area contributed by atoms with E-state index in [1.54, 1.807) is 11.1 Å². The maximum atomic E-state index is 4.47. The zero-order chi connectivity index (χ0) is 46.9. The van der Waals surface area contributed by atoms with E-state index in [1.807, 2.05) is 24.8 Å². The number of fused-ring (bicyclic) bond motifs is 3. The summed E-state index contributed by atoms with van der Waals surface area (Å²) in [5.74, 6) is 3.07. The van der Waals surface area contributed by atoms with Gasteiger partial charge in [0.2, 0.25) is 0 Å². The summed E-state index contributed by atoms with van der Waals surface area (Å²) < 4.78 is 0. The lowest BCUT2D eigenvalue weighted by atomic mass is 9.43. The van der Waals surface area contributed by atoms with Crippen molar-refractivity contribution in [2.45, 2.75) is 37.5 Å². The van der Waals surface area contributed by atoms with Crippen molar-refractivity contribution in [2.75, 3.05) is 4.90 Å². The zero-order valence-corrected chi connectivity index (χ0v) is 39.7. The quantitative estimate of drug-likeness (QED) is 0.144. The third kappa shape index (κ3) is 7.01. The Bertz CT molecular complexity index is 3420. The van der Waals surface area contributed by atoms with Crippen LogP contribution in [0.5, 0.6) is 0 Å². The summed E-state index contributed by atoms with van der Waals surface area (Å²) in [6.07, 6.45) is 14.6. The summed E-state index contributed by atoms with van der Waals surface area (Å²) in [6, 6.07) is 78.7. The maximum absolute atomic E-state index is 4.47. The maximum Gasteiger partial charge on any atom is 0.0462 e. The Labute approximate surface area is 417 Å². The van der Waals surface area contributed by atoms with Gasteiger partial charge in [0, 0.05) is 47.3 Å². The van der Waals surface area contributed by atoms with Crippen LogP contribution in [0.2, 0.25) is 0 Å². The Morgan fingerprint density at radius 1 is 0.310 bits per heavy atom. The lowest BCUT2D eigenvalue weighted by Crippen LogP contribution is -2.55. The molecule has 3 nitrogen and oxygen atoms in total. The molecule has 10 aromatic rings. The number of pyridine rings is 2. The van der Waals surface area contributed by atoms with E-state index < -0.39 is 0 Å². The van der Waals surface area contributed by atoms with E-state index in [2.05, 4.69) is 227 Å². The molecule has 2 heterocycles. The largest absolute Gasteiger partial charge is 0.311 e. The molecule has 4 bridgehead atoms. The summed E-state index contributed by atoms with van der Waals surface area (Å²) in [4.78, 5) is 11.3. The van der Waals surface area contributed by atoms with Gasteiger partial charge in [0.25, 0.3) is 0 Å². The molecular formula is C68H53N3. The lowest BCUT2D eigenvalue weighted by molar-refractivity contribution is -0.0399. The minimum absolute atomic E-state index is 0.0239. The number of anilines is 3. The van der Waals surface area contributed by atoms with Crippen molar-refractivity contribution in [3.8, 4) is 77.9 Å². The Morgan fingerprint density at radius 2 is 0.704 bits per heavy atom. The number of aromatic nitrogens is 2. The van der Waals surface area contributed by atoms with Crippen molar-refractivity contribution in [3.63, 3.8) is 0 Å². The molecule has 0 unspecified atom stereocenters. The van der Waals surface area contributed by atoms with Crippen LogP contribution in [0.4, 0.5) is 17.1 Å². The highest BCUT2D eigenvalue weighted by molar-refractivity contribution is 5.98. The van der Waals surface area contributed by atoms with Gasteiger partial charge in [-0.3, -0.25) is 9.97 Å². The second-order valence-electron chi connectivity index (χ2n) is 20.6. The second kappa shape index (κ2) is 17.1. The molecule has 0 aliphatic heterocycles. The van der Waals surface area contributed by atoms with Crippen LogP contribution in [0.3, 0.4) is 0 Å². The van der Waals surface area contributed by atoms with Gasteiger partial charge in [-0.25, -0.2) is 0 Å². The summed E-state index contributed by atoms with van der Waals surface area (Å²) in [5.41, 5.74) is 24.1. The molecule has 0 amide bonds. The smallest absolute Gasteiger partial charge is 0.0462 e. The molecule has 71 heavy (non-hydrogen) atoms. The fraction of sp³-hybridized carbons (Fsp3) is 0.147. The van der Waals surface area contributed by atoms with Crippen LogP contribution >= 0.6 is 0 Å². The molecule has 0 N–H and O–H groups in total. The molecular weight excluding hydrogens is 859 g/mol. The SMILES string of the molecule is c1ccc(-c2ccc(N(c3ccc(-c4ccccc4)cc3)c3ccc(-c4ccc(-c5cc6c(cc5-c5ccncc5)-c5c(-c7ccncc7)cccc5C65C6CC7CC(C6)CC5C7)cc4)cc3)cc2)cc1. The van der Waals surface area contributed by atoms with E-state index in [-0.39, 0.29) is 5.41 Å². The van der Waals surface area contributed by atoms with Crippen molar-refractivity contribution in [2.24, 2.45) is 23.7 Å². The second-order valence-corrected chi connectivity index (χ2v) is 20.6. The topological polar surface area (TPSA) is 29.0 Å². The van der Waals surface area contributed by atoms with Crippen molar-refractivity contribution >= 4 is 17.1 Å². The van der Waals surface area contributed by atoms with Gasteiger partial charge in [0.1, 0.15) is 0 Å². The summed E-state index contributed by atoms with van der Waals surface area (Å²) in [6.45, 7) is 0. The molecule has 5 aliphatic rings. The van der Waals surface area contributed by atoms with Crippen molar-refractivity contribution < 1.29 is 0 Å². The minimum atomic E-state index is 0.0239. The first-order chi connectivity index (χ1) is 35.2. The van der Waals surface area contributed by atoms with E-state index in [9.17, 15) is 0 Å². The van der Waals surface area contributed by atoms with Crippen molar-refractivity contribution in [1.82, 2.24) is 9.97 Å². The highest BCUT2D eigenvalue weighted by atomic mass is 15.1. The van der Waals surface area contributed by atoms with E-state index in [0.29, 0.717) is 11.8 Å². The van der Waals surface area contributed by atoms with Crippen LogP contribution in [0, 0.1) is 23.7 Å². The first-order valence-corrected chi connectivity index (χ1v) is 25.6. The first kappa shape index (κ1) is 41.8. The van der Waals surface area contributed by atoms with E-state index in [0.717, 1.165) is 28.9 Å². The molecule has 0 atom stereocenters. The molecule has 4 fully saturated rings. The van der Waals surface area contributed by atoms with E-state index in [1.165, 1.54) is 110 Å². The lowest BCUT2D eigenvalue weighted by Gasteiger charge is -2.61. The first-order valence-electron chi connectivity index (χ1n) is 25.6. The molecule has 0 saturated heterocycles. The highest BCUT2D eigenvalue weighted by Gasteiger charge is 2.62. The number of nitrogens with zero attached hydrogens (tertiary/aromatic N) is 3. The highest BCUT2D eigenvalue weighted by Crippen LogP contribution is 2.70. The Morgan fingerprint density at radius 3 is 1.18 bits per heavy atom. The van der Waals surface area contributed by atoms with Gasteiger partial charge >= 0.3 is 0 Å². The van der Waals surface area contributed by atoms with Crippen LogP contribution < -0.4 is 4.90 Å². The summed E-state index contributed by atoms with van der Waals surface area (Å²) >= 11 is 0. The fourth-order valence-corrected chi connectivity index (χ4v) is 14.0. The standard InChI is InChI=1S/C68H53N3/c1-3-8-47(9-4-1)50-18-24-58(25-19-50)71(59-26-20-51(21-27-59)48-10-5-2-6-11-48)60-28-22-52(23-29-60)49-14-16-53(17-15-49)63-44-66-64(43-62(63)55-32-36-70-37-33-55)67-61(54-30-34-69-35-31-54)12-7-13-65(67)68(66)56-39-45-38-46(41-56)42-57(68)40-45/h1-37,43-46,56-57H,38-42H2. The van der Waals surface area contributed by atoms with Crippen LogP contribution in [-0.4, -0.2) is 9.97 Å². The van der Waals surface area contributed by atoms with Gasteiger partial charge in [-0.2, -0.15) is 0 Å². The van der Waals surface area contributed by atoms with Crippen LogP contribution in [0.25, 0.3) is 77.9 Å². The number of rotatable bonds is 9. The van der Waals surface area contributed by atoms with Crippen LogP contribution in [-0.2, 0) is 5.41 Å². The number of benzene rings is 8. The average Bonchev–Trinajstić information content (AvgIpc) is 3.73. The van der Waals surface area contributed by atoms with E-state index in [4.69, 9.17) is 0 Å². The molecule has 1 spiro atoms. The third-order valence-corrected chi connectivity index (χ3v) is 16.9. The molecule has 15 rings (SSSR count). The molecule has 3 heteroatoms. The van der Waals surface area contributed by atoms with Crippen molar-refractivity contribution in [1.29, 1.82) is 0 Å². The van der Waals surface area contributed by atoms with E-state index >= 15 is 0 Å². The van der Waals surface area contributed by atoms with Gasteiger partial charge in [0.15, 0.2) is 0 Å². The van der Waals surface area contributed by atoms with Gasteiger partial charge in [0.05, 0.1) is 0 Å². The zero-order valence-electron chi connectivity index (χ0n) is 39.7. The predicted octanol–water partition coefficient (Wildman–Crippen LogP) is 17.7. The van der Waals surface area contributed by atoms with Gasteiger partial charge < -0.3 is 4.90 Å². The monoisotopic (exact) mass is 911 g/mol. The minimum Gasteiger partial charge on any atom is -0.311 e. The molecule has 340 valence electrons. The fourth-order valence-electron chi connectivity index (χ4n) is 14.0. The molecule has 0 radical (unpaired) electrons. The molecule has 2 aromatic heterocycles. The molecule has 5 aliphatic carbocycles. The average molecular weight is 912 g/mol. The normalized spacial score (nSPS) is 20.2. The molecule has 8 aromatic carbocycles.